The van der Waals surface area contributed by atoms with Gasteiger partial charge in [0.15, 0.2) is 0 Å². The van der Waals surface area contributed by atoms with E-state index in [0.717, 1.165) is 12.8 Å². The first kappa shape index (κ1) is 21.2. The maximum absolute atomic E-state index is 3.48. The molecule has 0 radical (unpaired) electrons. The average Bonchev–Trinajstić information content (AvgIpc) is 3.37. The van der Waals surface area contributed by atoms with Crippen LogP contribution >= 0.6 is 24.8 Å². The summed E-state index contributed by atoms with van der Waals surface area (Å²) in [6.45, 7) is 0. The van der Waals surface area contributed by atoms with E-state index in [4.69, 9.17) is 0 Å². The molecule has 0 spiro atoms. The van der Waals surface area contributed by atoms with Crippen LogP contribution in [0.15, 0.2) is 105 Å². The monoisotopic (exact) mass is 434 g/mol. The molecular weight excluding hydrogens is 411 g/mol. The van der Waals surface area contributed by atoms with Crippen molar-refractivity contribution >= 4 is 40.2 Å². The Morgan fingerprint density at radius 1 is 0.615 bits per heavy atom. The van der Waals surface area contributed by atoms with Crippen LogP contribution in [0.1, 0.15) is 12.8 Å². The molecule has 0 aromatic heterocycles. The molecule has 0 N–H and O–H groups in total. The molecule has 0 unspecified atom stereocenters. The van der Waals surface area contributed by atoms with Gasteiger partial charge in [0.25, 0.3) is 0 Å². The summed E-state index contributed by atoms with van der Waals surface area (Å²) in [6.07, 6.45) is 16.1. The molecule has 2 aliphatic rings. The van der Waals surface area contributed by atoms with Crippen molar-refractivity contribution in [2.45, 2.75) is 12.8 Å². The second-order valence-corrected chi connectivity index (χ2v) is 21.0. The van der Waals surface area contributed by atoms with Gasteiger partial charge in [0, 0.05) is 0 Å². The van der Waals surface area contributed by atoms with Crippen LogP contribution in [0.25, 0.3) is 0 Å². The number of hydrogen-bond acceptors (Lipinski definition) is 0. The first-order valence-electron chi connectivity index (χ1n) is 8.61. The second kappa shape index (κ2) is 8.29. The van der Waals surface area contributed by atoms with Gasteiger partial charge >= 0.3 is 147 Å². The van der Waals surface area contributed by atoms with Gasteiger partial charge in [0.1, 0.15) is 0 Å². The molecule has 0 amide bonds. The molecule has 0 saturated heterocycles. The van der Waals surface area contributed by atoms with Crippen LogP contribution in [0.3, 0.4) is 0 Å². The van der Waals surface area contributed by atoms with Gasteiger partial charge in [0.2, 0.25) is 0 Å². The van der Waals surface area contributed by atoms with Gasteiger partial charge < -0.3 is 0 Å². The molecule has 0 atom stereocenters. The molecule has 0 heterocycles. The summed E-state index contributed by atoms with van der Waals surface area (Å²) in [5, 5.41) is 0. The fourth-order valence-electron chi connectivity index (χ4n) is 4.44. The van der Waals surface area contributed by atoms with E-state index in [2.05, 4.69) is 105 Å². The van der Waals surface area contributed by atoms with E-state index in [1.54, 1.807) is 15.5 Å². The Labute approximate surface area is 171 Å². The predicted octanol–water partition coefficient (Wildman–Crippen LogP) is 4.41. The molecule has 0 nitrogen and oxygen atoms in total. The SMILES string of the molecule is Cl.Cl.[SiH2]=[Ti]([C]1=CC=CC1)([C]1=CC=CC1)([c]1ccccc1)[c]1ccccc1. The molecule has 2 aromatic rings. The Morgan fingerprint density at radius 3 is 1.31 bits per heavy atom. The van der Waals surface area contributed by atoms with Crippen molar-refractivity contribution < 1.29 is 14.0 Å². The third kappa shape index (κ3) is 2.96. The minimum atomic E-state index is -3.48. The zero-order valence-corrected chi connectivity index (χ0v) is 19.3. The van der Waals surface area contributed by atoms with Crippen LogP contribution in [0.5, 0.6) is 0 Å². The fourth-order valence-corrected chi connectivity index (χ4v) is 18.1. The third-order valence-corrected chi connectivity index (χ3v) is 23.5. The Kier molecular flexibility index (Phi) is 6.76. The van der Waals surface area contributed by atoms with Crippen LogP contribution in [-0.2, 0) is 14.0 Å². The minimum absolute atomic E-state index is 0. The normalized spacial score (nSPS) is 15.7. The summed E-state index contributed by atoms with van der Waals surface area (Å²) < 4.78 is 6.39. The zero-order valence-electron chi connectivity index (χ0n) is 14.7. The standard InChI is InChI=1S/2C6H5.2C5H5.2ClH.H2Si.Ti/c2*1-2-4-6-5-3-1;2*1-2-4-5-3-1;;;;/h2*1-5H;2*1-3H,4H2;2*1H;1H2;. The van der Waals surface area contributed by atoms with E-state index >= 15 is 0 Å². The first-order valence-corrected chi connectivity index (χ1v) is 15.8. The van der Waals surface area contributed by atoms with Gasteiger partial charge in [-0.05, 0) is 0 Å². The van der Waals surface area contributed by atoms with Crippen LogP contribution < -0.4 is 7.74 Å². The van der Waals surface area contributed by atoms with E-state index in [0.29, 0.717) is 0 Å². The van der Waals surface area contributed by atoms with E-state index in [9.17, 15) is 0 Å². The van der Waals surface area contributed by atoms with Crippen molar-refractivity contribution in [3.63, 3.8) is 0 Å². The van der Waals surface area contributed by atoms with Gasteiger partial charge in [0.05, 0.1) is 0 Å². The van der Waals surface area contributed by atoms with Gasteiger partial charge in [-0.3, -0.25) is 0 Å². The summed E-state index contributed by atoms with van der Waals surface area (Å²) >= 11 is -3.48. The molecule has 0 saturated carbocycles. The molecule has 0 bridgehead atoms. The van der Waals surface area contributed by atoms with Crippen molar-refractivity contribution in [1.29, 1.82) is 0 Å². The first-order chi connectivity index (χ1) is 11.7. The molecule has 4 heteroatoms. The zero-order chi connectivity index (χ0) is 16.5. The van der Waals surface area contributed by atoms with E-state index in [1.807, 2.05) is 0 Å². The molecule has 4 rings (SSSR count). The summed E-state index contributed by atoms with van der Waals surface area (Å²) in [5.74, 6) is 0. The summed E-state index contributed by atoms with van der Waals surface area (Å²) in [7, 11) is 2.33. The van der Waals surface area contributed by atoms with Crippen LogP contribution in [0.2, 0.25) is 0 Å². The molecule has 2 aliphatic carbocycles. The van der Waals surface area contributed by atoms with Crippen LogP contribution in [0, 0.1) is 0 Å². The molecule has 0 aliphatic heterocycles. The van der Waals surface area contributed by atoms with Crippen molar-refractivity contribution in [2.24, 2.45) is 0 Å². The quantitative estimate of drug-likeness (QED) is 0.625. The number of hydrogen-bond donors (Lipinski definition) is 0. The van der Waals surface area contributed by atoms with Crippen LogP contribution in [-0.4, -0.2) is 7.63 Å². The summed E-state index contributed by atoms with van der Waals surface area (Å²) in [6, 6.07) is 22.6. The van der Waals surface area contributed by atoms with Gasteiger partial charge in [-0.1, -0.05) is 0 Å². The molecule has 0 fully saturated rings. The second-order valence-electron chi connectivity index (χ2n) is 6.84. The molecule has 2 aromatic carbocycles. The summed E-state index contributed by atoms with van der Waals surface area (Å²) in [4.78, 5) is 0. The van der Waals surface area contributed by atoms with E-state index in [1.165, 1.54) is 0 Å². The molecular formula is C22H24Cl2SiTi. The number of allylic oxidation sites excluding steroid dienone is 8. The van der Waals surface area contributed by atoms with E-state index in [-0.39, 0.29) is 24.8 Å². The topological polar surface area (TPSA) is 0 Å². The fraction of sp³-hybridized carbons (Fsp3) is 0.0909. The van der Waals surface area contributed by atoms with Crippen LogP contribution in [0.4, 0.5) is 0 Å². The Balaban J connectivity index is 0.00000121. The van der Waals surface area contributed by atoms with Gasteiger partial charge in [-0.25, -0.2) is 0 Å². The Bertz CT molecular complexity index is 875. The Morgan fingerprint density at radius 2 is 1.00 bits per heavy atom. The van der Waals surface area contributed by atoms with Gasteiger partial charge in [-0.15, -0.1) is 24.8 Å². The molecule has 26 heavy (non-hydrogen) atoms. The van der Waals surface area contributed by atoms with E-state index < -0.39 is 14.0 Å². The van der Waals surface area contributed by atoms with Crippen molar-refractivity contribution in [3.05, 3.63) is 105 Å². The molecule has 134 valence electrons. The van der Waals surface area contributed by atoms with Gasteiger partial charge in [-0.2, -0.15) is 0 Å². The number of halogens is 2. The maximum atomic E-state index is 2.41. The number of rotatable bonds is 4. The van der Waals surface area contributed by atoms with Crippen molar-refractivity contribution in [3.8, 4) is 0 Å². The van der Waals surface area contributed by atoms with Crippen molar-refractivity contribution in [2.75, 3.05) is 0 Å². The van der Waals surface area contributed by atoms with Crippen molar-refractivity contribution in [1.82, 2.24) is 0 Å². The third-order valence-electron chi connectivity index (χ3n) is 5.78. The predicted molar refractivity (Wildman–Crippen MR) is 119 cm³/mol. The average molecular weight is 435 g/mol. The Hall–Kier alpha value is -1.09. The summed E-state index contributed by atoms with van der Waals surface area (Å²) in [5.41, 5.74) is 0. The number of benzene rings is 2.